The third-order valence-electron chi connectivity index (χ3n) is 3.28. The number of rotatable bonds is 6. The van der Waals surface area contributed by atoms with Crippen molar-refractivity contribution in [3.05, 3.63) is 0 Å². The molecule has 0 bridgehead atoms. The Bertz CT molecular complexity index is 291. The normalized spacial score (nSPS) is 18.7. The maximum absolute atomic E-state index is 11.3. The lowest BCUT2D eigenvalue weighted by Crippen LogP contribution is -2.45. The summed E-state index contributed by atoms with van der Waals surface area (Å²) in [6.45, 7) is 0.857. The minimum absolute atomic E-state index is 0.0321. The first-order chi connectivity index (χ1) is 8.66. The molecule has 0 atom stereocenters. The molecule has 1 aliphatic rings. The molecule has 1 rings (SSSR count). The summed E-state index contributed by atoms with van der Waals surface area (Å²) in [5.41, 5.74) is 6.01. The molecule has 0 aromatic carbocycles. The summed E-state index contributed by atoms with van der Waals surface area (Å²) in [5.74, 6) is -0.178. The fourth-order valence-electron chi connectivity index (χ4n) is 2.23. The minimum atomic E-state index is -0.260. The lowest BCUT2D eigenvalue weighted by molar-refractivity contribution is -0.126. The van der Waals surface area contributed by atoms with Crippen LogP contribution in [0.3, 0.4) is 0 Å². The molecular weight excluding hydrogens is 230 g/mol. The smallest absolute Gasteiger partial charge is 0.246 e. The summed E-state index contributed by atoms with van der Waals surface area (Å²) in [6, 6.07) is 1.97. The van der Waals surface area contributed by atoms with Gasteiger partial charge in [-0.3, -0.25) is 4.79 Å². The van der Waals surface area contributed by atoms with Crippen molar-refractivity contribution in [3.8, 4) is 6.07 Å². The van der Waals surface area contributed by atoms with E-state index in [1.165, 1.54) is 12.8 Å². The molecule has 0 radical (unpaired) electrons. The van der Waals surface area contributed by atoms with E-state index in [0.29, 0.717) is 19.6 Å². The van der Waals surface area contributed by atoms with Crippen LogP contribution in [0.2, 0.25) is 0 Å². The molecule has 0 aliphatic heterocycles. The quantitative estimate of drug-likeness (QED) is 0.547. The van der Waals surface area contributed by atoms with E-state index in [0.717, 1.165) is 25.7 Å². The number of amides is 1. The number of nitrogens with zero attached hydrogens (tertiary/aromatic N) is 1. The van der Waals surface area contributed by atoms with Gasteiger partial charge in [0.15, 0.2) is 0 Å². The Morgan fingerprint density at radius 1 is 1.33 bits per heavy atom. The summed E-state index contributed by atoms with van der Waals surface area (Å²) in [5, 5.41) is 11.0. The van der Waals surface area contributed by atoms with Crippen molar-refractivity contribution in [1.29, 1.82) is 5.26 Å². The van der Waals surface area contributed by atoms with Gasteiger partial charge in [0, 0.05) is 12.1 Å². The van der Waals surface area contributed by atoms with Crippen molar-refractivity contribution >= 4 is 5.91 Å². The molecule has 0 heterocycles. The van der Waals surface area contributed by atoms with Gasteiger partial charge in [0.25, 0.3) is 0 Å². The van der Waals surface area contributed by atoms with Crippen LogP contribution in [0, 0.1) is 11.3 Å². The Kier molecular flexibility index (Phi) is 6.69. The van der Waals surface area contributed by atoms with E-state index < -0.39 is 0 Å². The van der Waals surface area contributed by atoms with Crippen LogP contribution in [-0.2, 0) is 9.53 Å². The number of nitrogens with two attached hydrogens (primary N) is 1. The number of hydrogen-bond acceptors (Lipinski definition) is 4. The van der Waals surface area contributed by atoms with Crippen molar-refractivity contribution in [3.63, 3.8) is 0 Å². The van der Waals surface area contributed by atoms with Crippen molar-refractivity contribution in [2.45, 2.75) is 50.5 Å². The Morgan fingerprint density at radius 2 is 2.00 bits per heavy atom. The average Bonchev–Trinajstić information content (AvgIpc) is 2.55. The van der Waals surface area contributed by atoms with E-state index in [9.17, 15) is 4.79 Å². The van der Waals surface area contributed by atoms with Gasteiger partial charge < -0.3 is 15.8 Å². The fourth-order valence-corrected chi connectivity index (χ4v) is 2.23. The van der Waals surface area contributed by atoms with Gasteiger partial charge in [0.1, 0.15) is 6.61 Å². The van der Waals surface area contributed by atoms with Crippen LogP contribution < -0.4 is 11.1 Å². The lowest BCUT2D eigenvalue weighted by atomic mass is 9.93. The number of hydrogen-bond donors (Lipinski definition) is 2. The van der Waals surface area contributed by atoms with Crippen LogP contribution in [0.25, 0.3) is 0 Å². The summed E-state index contributed by atoms with van der Waals surface area (Å²) in [7, 11) is 0. The first kappa shape index (κ1) is 14.9. The van der Waals surface area contributed by atoms with Crippen molar-refractivity contribution < 1.29 is 9.53 Å². The molecule has 0 saturated heterocycles. The van der Waals surface area contributed by atoms with Gasteiger partial charge in [0.05, 0.1) is 19.1 Å². The third-order valence-corrected chi connectivity index (χ3v) is 3.28. The van der Waals surface area contributed by atoms with Crippen molar-refractivity contribution in [2.75, 3.05) is 19.8 Å². The molecule has 0 aromatic heterocycles. The number of nitrogens with one attached hydrogen (secondary N) is 1. The number of ether oxygens (including phenoxy) is 1. The molecule has 18 heavy (non-hydrogen) atoms. The van der Waals surface area contributed by atoms with Crippen LogP contribution >= 0.6 is 0 Å². The molecule has 0 unspecified atom stereocenters. The molecule has 5 heteroatoms. The molecule has 102 valence electrons. The number of nitriles is 1. The van der Waals surface area contributed by atoms with Crippen LogP contribution in [0.5, 0.6) is 0 Å². The average molecular weight is 253 g/mol. The summed E-state index contributed by atoms with van der Waals surface area (Å²) in [6.07, 6.45) is 7.06. The van der Waals surface area contributed by atoms with E-state index in [2.05, 4.69) is 5.32 Å². The van der Waals surface area contributed by atoms with Crippen LogP contribution in [-0.4, -0.2) is 31.2 Å². The topological polar surface area (TPSA) is 88.1 Å². The van der Waals surface area contributed by atoms with Gasteiger partial charge >= 0.3 is 0 Å². The van der Waals surface area contributed by atoms with E-state index >= 15 is 0 Å². The second-order valence-corrected chi connectivity index (χ2v) is 5.03. The highest BCUT2D eigenvalue weighted by Crippen LogP contribution is 2.24. The zero-order valence-corrected chi connectivity index (χ0v) is 10.9. The molecule has 1 aliphatic carbocycles. The molecule has 1 saturated carbocycles. The van der Waals surface area contributed by atoms with E-state index in [1.54, 1.807) is 0 Å². The predicted molar refractivity (Wildman–Crippen MR) is 68.7 cm³/mol. The molecule has 1 amide bonds. The Balaban J connectivity index is 2.15. The molecular formula is C13H23N3O2. The summed E-state index contributed by atoms with van der Waals surface area (Å²) >= 11 is 0. The first-order valence-electron chi connectivity index (χ1n) is 6.67. The van der Waals surface area contributed by atoms with Crippen LogP contribution in [0.15, 0.2) is 0 Å². The largest absolute Gasteiger partial charge is 0.370 e. The van der Waals surface area contributed by atoms with Crippen molar-refractivity contribution in [2.24, 2.45) is 5.73 Å². The van der Waals surface area contributed by atoms with E-state index in [-0.39, 0.29) is 18.1 Å². The zero-order chi connectivity index (χ0) is 13.3. The predicted octanol–water partition coefficient (Wildman–Crippen LogP) is 1.08. The molecule has 0 spiro atoms. The van der Waals surface area contributed by atoms with Gasteiger partial charge in [-0.2, -0.15) is 5.26 Å². The number of carbonyl (C=O) groups excluding carboxylic acids is 1. The number of carbonyl (C=O) groups is 1. The van der Waals surface area contributed by atoms with E-state index in [1.807, 2.05) is 6.07 Å². The minimum Gasteiger partial charge on any atom is -0.370 e. The SMILES string of the molecule is N#CCCNC(=O)COCC1(N)CCCCCC1. The monoisotopic (exact) mass is 253 g/mol. The standard InChI is InChI=1S/C13H23N3O2/c14-8-5-9-16-12(17)10-18-11-13(15)6-3-1-2-4-7-13/h1-7,9-11,15H2,(H,16,17). The van der Waals surface area contributed by atoms with Crippen LogP contribution in [0.4, 0.5) is 0 Å². The van der Waals surface area contributed by atoms with E-state index in [4.69, 9.17) is 15.7 Å². The van der Waals surface area contributed by atoms with Gasteiger partial charge in [-0.15, -0.1) is 0 Å². The molecule has 0 aromatic rings. The molecule has 1 fully saturated rings. The van der Waals surface area contributed by atoms with Gasteiger partial charge in [-0.05, 0) is 12.8 Å². The Hall–Kier alpha value is -1.12. The zero-order valence-electron chi connectivity index (χ0n) is 10.9. The molecule has 3 N–H and O–H groups in total. The highest BCUT2D eigenvalue weighted by Gasteiger charge is 2.26. The Labute approximate surface area is 109 Å². The van der Waals surface area contributed by atoms with Crippen LogP contribution in [0.1, 0.15) is 44.9 Å². The second kappa shape index (κ2) is 8.06. The summed E-state index contributed by atoms with van der Waals surface area (Å²) in [4.78, 5) is 11.3. The van der Waals surface area contributed by atoms with Crippen molar-refractivity contribution in [1.82, 2.24) is 5.32 Å². The summed E-state index contributed by atoms with van der Waals surface area (Å²) < 4.78 is 5.40. The lowest BCUT2D eigenvalue weighted by Gasteiger charge is -2.27. The Morgan fingerprint density at radius 3 is 2.61 bits per heavy atom. The highest BCUT2D eigenvalue weighted by molar-refractivity contribution is 5.77. The second-order valence-electron chi connectivity index (χ2n) is 5.03. The third kappa shape index (κ3) is 5.99. The fraction of sp³-hybridized carbons (Fsp3) is 0.846. The highest BCUT2D eigenvalue weighted by atomic mass is 16.5. The maximum Gasteiger partial charge on any atom is 0.246 e. The first-order valence-corrected chi connectivity index (χ1v) is 6.67. The van der Waals surface area contributed by atoms with Gasteiger partial charge in [-0.25, -0.2) is 0 Å². The molecule has 5 nitrogen and oxygen atoms in total. The van der Waals surface area contributed by atoms with Gasteiger partial charge in [0.2, 0.25) is 5.91 Å². The maximum atomic E-state index is 11.3. The van der Waals surface area contributed by atoms with Gasteiger partial charge in [-0.1, -0.05) is 25.7 Å².